The molecule has 2 aliphatic rings. The third kappa shape index (κ3) is 3.34. The quantitative estimate of drug-likeness (QED) is 0.715. The zero-order valence-electron chi connectivity index (χ0n) is 11.5. The van der Waals surface area contributed by atoms with Gasteiger partial charge in [0.25, 0.3) is 0 Å². The van der Waals surface area contributed by atoms with Crippen molar-refractivity contribution in [1.82, 2.24) is 9.80 Å². The Bertz CT molecular complexity index is 310. The van der Waals surface area contributed by atoms with Crippen LogP contribution in [0.5, 0.6) is 0 Å². The lowest BCUT2D eigenvalue weighted by atomic mass is 10.0. The molecule has 3 heteroatoms. The average molecular weight is 247 g/mol. The van der Waals surface area contributed by atoms with E-state index in [1.54, 1.807) is 0 Å². The molecule has 100 valence electrons. The number of hydrogen-bond donors (Lipinski definition) is 0. The van der Waals surface area contributed by atoms with Crippen molar-refractivity contribution in [3.63, 3.8) is 0 Å². The molecule has 1 saturated heterocycles. The highest BCUT2D eigenvalue weighted by Gasteiger charge is 2.26. The second-order valence-electron chi connectivity index (χ2n) is 5.43. The summed E-state index contributed by atoms with van der Waals surface area (Å²) in [4.78, 5) is 4.96. The van der Waals surface area contributed by atoms with E-state index in [4.69, 9.17) is 0 Å². The molecule has 0 aromatic rings. The molecule has 2 atom stereocenters. The summed E-state index contributed by atoms with van der Waals surface area (Å²) in [6, 6.07) is 3.26. The van der Waals surface area contributed by atoms with Crippen LogP contribution in [-0.4, -0.2) is 48.1 Å². The van der Waals surface area contributed by atoms with Crippen LogP contribution in [0, 0.1) is 11.3 Å². The first-order valence-corrected chi connectivity index (χ1v) is 7.39. The highest BCUT2D eigenvalue weighted by atomic mass is 15.3. The first-order valence-electron chi connectivity index (χ1n) is 7.39. The maximum atomic E-state index is 9.21. The minimum atomic E-state index is 0.138. The van der Waals surface area contributed by atoms with E-state index in [2.05, 4.69) is 34.9 Å². The van der Waals surface area contributed by atoms with Gasteiger partial charge in [-0.3, -0.25) is 9.80 Å². The SMILES string of the molecule is CCCC(C#N)N1CCN(C2C=CCCC2)CC1. The van der Waals surface area contributed by atoms with Crippen LogP contribution in [0.3, 0.4) is 0 Å². The zero-order chi connectivity index (χ0) is 12.8. The highest BCUT2D eigenvalue weighted by Crippen LogP contribution is 2.19. The van der Waals surface area contributed by atoms with Crippen LogP contribution in [0.2, 0.25) is 0 Å². The van der Waals surface area contributed by atoms with Crippen LogP contribution in [0.4, 0.5) is 0 Å². The van der Waals surface area contributed by atoms with Crippen molar-refractivity contribution >= 4 is 0 Å². The standard InChI is InChI=1S/C15H25N3/c1-2-6-15(13-16)18-11-9-17(10-12-18)14-7-4-3-5-8-14/h4,7,14-15H,2-3,5-6,8-12H2,1H3. The van der Waals surface area contributed by atoms with E-state index in [0.717, 1.165) is 39.0 Å². The van der Waals surface area contributed by atoms with E-state index in [1.807, 2.05) is 0 Å². The van der Waals surface area contributed by atoms with Crippen molar-refractivity contribution in [3.8, 4) is 6.07 Å². The Labute approximate surface area is 111 Å². The van der Waals surface area contributed by atoms with Crippen molar-refractivity contribution in [1.29, 1.82) is 5.26 Å². The Morgan fingerprint density at radius 1 is 1.33 bits per heavy atom. The molecule has 0 N–H and O–H groups in total. The molecule has 18 heavy (non-hydrogen) atoms. The number of nitriles is 1. The number of allylic oxidation sites excluding steroid dienone is 1. The van der Waals surface area contributed by atoms with E-state index in [9.17, 15) is 5.26 Å². The van der Waals surface area contributed by atoms with Crippen molar-refractivity contribution in [2.24, 2.45) is 0 Å². The average Bonchev–Trinajstić information content (AvgIpc) is 2.46. The molecule has 3 nitrogen and oxygen atoms in total. The molecule has 0 bridgehead atoms. The predicted molar refractivity (Wildman–Crippen MR) is 74.2 cm³/mol. The first kappa shape index (κ1) is 13.6. The van der Waals surface area contributed by atoms with Gasteiger partial charge in [0, 0.05) is 32.2 Å². The third-order valence-corrected chi connectivity index (χ3v) is 4.20. The van der Waals surface area contributed by atoms with Crippen LogP contribution in [-0.2, 0) is 0 Å². The highest BCUT2D eigenvalue weighted by molar-refractivity contribution is 5.00. The molecule has 1 aliphatic carbocycles. The Balaban J connectivity index is 1.82. The van der Waals surface area contributed by atoms with E-state index in [0.29, 0.717) is 6.04 Å². The molecule has 0 radical (unpaired) electrons. The molecule has 0 amide bonds. The molecule has 1 aliphatic heterocycles. The van der Waals surface area contributed by atoms with Gasteiger partial charge in [-0.05, 0) is 25.7 Å². The van der Waals surface area contributed by atoms with Crippen molar-refractivity contribution in [3.05, 3.63) is 12.2 Å². The number of piperazine rings is 1. The van der Waals surface area contributed by atoms with Gasteiger partial charge in [-0.2, -0.15) is 5.26 Å². The predicted octanol–water partition coefficient (Wildman–Crippen LogP) is 2.40. The summed E-state index contributed by atoms with van der Waals surface area (Å²) in [5, 5.41) is 9.21. The summed E-state index contributed by atoms with van der Waals surface area (Å²) >= 11 is 0. The van der Waals surface area contributed by atoms with Crippen LogP contribution in [0.15, 0.2) is 12.2 Å². The maximum absolute atomic E-state index is 9.21. The van der Waals surface area contributed by atoms with E-state index >= 15 is 0 Å². The molecule has 0 spiro atoms. The summed E-state index contributed by atoms with van der Waals surface area (Å²) in [6.07, 6.45) is 10.7. The lowest BCUT2D eigenvalue weighted by Crippen LogP contribution is -2.52. The summed E-state index contributed by atoms with van der Waals surface area (Å²) in [5.74, 6) is 0. The maximum Gasteiger partial charge on any atom is 0.0978 e. The fourth-order valence-electron chi connectivity index (χ4n) is 3.08. The largest absolute Gasteiger partial charge is 0.294 e. The minimum absolute atomic E-state index is 0.138. The van der Waals surface area contributed by atoms with Crippen molar-refractivity contribution < 1.29 is 0 Å². The molecule has 1 heterocycles. The second-order valence-corrected chi connectivity index (χ2v) is 5.43. The molecule has 0 saturated carbocycles. The first-order chi connectivity index (χ1) is 8.85. The number of rotatable bonds is 4. The fourth-order valence-corrected chi connectivity index (χ4v) is 3.08. The van der Waals surface area contributed by atoms with Crippen molar-refractivity contribution in [2.45, 2.75) is 51.1 Å². The Morgan fingerprint density at radius 2 is 2.11 bits per heavy atom. The van der Waals surface area contributed by atoms with Crippen LogP contribution in [0.25, 0.3) is 0 Å². The summed E-state index contributed by atoms with van der Waals surface area (Å²) < 4.78 is 0. The third-order valence-electron chi connectivity index (χ3n) is 4.20. The van der Waals surface area contributed by atoms with Gasteiger partial charge in [-0.25, -0.2) is 0 Å². The fraction of sp³-hybridized carbons (Fsp3) is 0.800. The van der Waals surface area contributed by atoms with E-state index in [1.165, 1.54) is 19.3 Å². The topological polar surface area (TPSA) is 30.3 Å². The monoisotopic (exact) mass is 247 g/mol. The van der Waals surface area contributed by atoms with Gasteiger partial charge in [-0.1, -0.05) is 25.5 Å². The smallest absolute Gasteiger partial charge is 0.0978 e. The lowest BCUT2D eigenvalue weighted by Gasteiger charge is -2.40. The van der Waals surface area contributed by atoms with Gasteiger partial charge in [0.15, 0.2) is 0 Å². The van der Waals surface area contributed by atoms with Gasteiger partial charge in [0.2, 0.25) is 0 Å². The van der Waals surface area contributed by atoms with Crippen LogP contribution >= 0.6 is 0 Å². The molecular weight excluding hydrogens is 222 g/mol. The van der Waals surface area contributed by atoms with Gasteiger partial charge in [0.05, 0.1) is 12.1 Å². The summed E-state index contributed by atoms with van der Waals surface area (Å²) in [6.45, 7) is 6.52. The van der Waals surface area contributed by atoms with E-state index < -0.39 is 0 Å². The van der Waals surface area contributed by atoms with Gasteiger partial charge in [-0.15, -0.1) is 0 Å². The van der Waals surface area contributed by atoms with Gasteiger partial charge in [0.1, 0.15) is 0 Å². The molecule has 2 unspecified atom stereocenters. The number of hydrogen-bond acceptors (Lipinski definition) is 3. The number of nitrogens with zero attached hydrogens (tertiary/aromatic N) is 3. The van der Waals surface area contributed by atoms with Crippen LogP contribution in [0.1, 0.15) is 39.0 Å². The Morgan fingerprint density at radius 3 is 2.67 bits per heavy atom. The molecule has 0 aromatic heterocycles. The summed E-state index contributed by atoms with van der Waals surface area (Å²) in [5.41, 5.74) is 0. The second kappa shape index (κ2) is 6.92. The van der Waals surface area contributed by atoms with Crippen molar-refractivity contribution in [2.75, 3.05) is 26.2 Å². The van der Waals surface area contributed by atoms with Crippen LogP contribution < -0.4 is 0 Å². The zero-order valence-corrected chi connectivity index (χ0v) is 11.5. The minimum Gasteiger partial charge on any atom is -0.294 e. The Kier molecular flexibility index (Phi) is 5.22. The summed E-state index contributed by atoms with van der Waals surface area (Å²) in [7, 11) is 0. The molecule has 1 fully saturated rings. The normalized spacial score (nSPS) is 27.9. The lowest BCUT2D eigenvalue weighted by molar-refractivity contribution is 0.0890. The molecule has 2 rings (SSSR count). The van der Waals surface area contributed by atoms with Gasteiger partial charge >= 0.3 is 0 Å². The molecular formula is C15H25N3. The van der Waals surface area contributed by atoms with E-state index in [-0.39, 0.29) is 6.04 Å². The van der Waals surface area contributed by atoms with Gasteiger partial charge < -0.3 is 0 Å². The molecule has 0 aromatic carbocycles. The Hall–Kier alpha value is -0.850.